The molecule has 0 N–H and O–H groups in total. The lowest BCUT2D eigenvalue weighted by atomic mass is 9.64. The third-order valence-electron chi connectivity index (χ3n) is 9.69. The topological polar surface area (TPSA) is 57.4 Å². The molecule has 0 aliphatic heterocycles. The number of furan rings is 1. The summed E-state index contributed by atoms with van der Waals surface area (Å²) in [6.45, 7) is 8.37. The summed E-state index contributed by atoms with van der Waals surface area (Å²) in [6, 6.07) is 43.7. The summed E-state index contributed by atoms with van der Waals surface area (Å²) in [6.07, 6.45) is 1.92. The van der Waals surface area contributed by atoms with Gasteiger partial charge in [0.15, 0.2) is 5.58 Å². The number of para-hydroxylation sites is 2. The summed E-state index contributed by atoms with van der Waals surface area (Å²) < 4.78 is 6.53. The summed E-state index contributed by atoms with van der Waals surface area (Å²) >= 11 is 0. The largest absolute Gasteiger partial charge is 0.454 e. The second-order valence-electron chi connectivity index (χ2n) is 12.0. The smallest absolute Gasteiger partial charge is 0.295 e. The Bertz CT molecular complexity index is 2410. The first-order valence-electron chi connectivity index (χ1n) is 15.5. The number of rotatable bonds is 4. The first kappa shape index (κ1) is 26.3. The van der Waals surface area contributed by atoms with E-state index in [1.807, 2.05) is 53.4 Å². The summed E-state index contributed by atoms with van der Waals surface area (Å²) in [5, 5.41) is 13.0. The van der Waals surface area contributed by atoms with Gasteiger partial charge in [0.25, 0.3) is 5.82 Å². The average Bonchev–Trinajstić information content (AvgIpc) is 3.52. The summed E-state index contributed by atoms with van der Waals surface area (Å²) in [4.78, 5) is 11.1. The molecule has 0 saturated heterocycles. The van der Waals surface area contributed by atoms with E-state index in [9.17, 15) is 5.26 Å². The molecule has 2 heterocycles. The lowest BCUT2D eigenvalue weighted by Crippen LogP contribution is -2.28. The van der Waals surface area contributed by atoms with Crippen LogP contribution in [0.2, 0.25) is 0 Å². The van der Waals surface area contributed by atoms with Gasteiger partial charge in [0.2, 0.25) is 0 Å². The van der Waals surface area contributed by atoms with Crippen LogP contribution in [0.5, 0.6) is 0 Å². The first-order chi connectivity index (χ1) is 22.7. The van der Waals surface area contributed by atoms with E-state index in [4.69, 9.17) is 16.0 Å². The zero-order valence-corrected chi connectivity index (χ0v) is 24.8. The molecule has 0 spiro atoms. The number of fused-ring (bicyclic) bond motifs is 4. The van der Waals surface area contributed by atoms with Crippen molar-refractivity contribution in [3.8, 4) is 17.2 Å². The predicted octanol–water partition coefficient (Wildman–Crippen LogP) is 10.9. The third kappa shape index (κ3) is 3.76. The quantitative estimate of drug-likeness (QED) is 0.191. The van der Waals surface area contributed by atoms with Crippen molar-refractivity contribution in [2.45, 2.75) is 24.7 Å². The van der Waals surface area contributed by atoms with Crippen molar-refractivity contribution in [1.29, 1.82) is 5.26 Å². The van der Waals surface area contributed by atoms with Gasteiger partial charge < -0.3 is 14.2 Å². The number of nitrogens with zero attached hydrogens (tertiary/aromatic N) is 4. The fraction of sp³-hybridized carbons (Fsp3) is 0.0976. The Morgan fingerprint density at radius 2 is 1.41 bits per heavy atom. The number of aromatic nitrogens is 1. The normalized spacial score (nSPS) is 16.0. The highest BCUT2D eigenvalue weighted by Crippen LogP contribution is 2.57. The fourth-order valence-electron chi connectivity index (χ4n) is 7.72. The van der Waals surface area contributed by atoms with E-state index in [0.29, 0.717) is 16.8 Å². The second-order valence-corrected chi connectivity index (χ2v) is 12.0. The number of pyridine rings is 1. The highest BCUT2D eigenvalue weighted by molar-refractivity contribution is 6.11. The van der Waals surface area contributed by atoms with Crippen LogP contribution in [-0.2, 0) is 0 Å². The highest BCUT2D eigenvalue weighted by Gasteiger charge is 2.44. The van der Waals surface area contributed by atoms with Crippen LogP contribution in [0.25, 0.3) is 37.9 Å². The molecule has 3 aliphatic carbocycles. The zero-order valence-electron chi connectivity index (χ0n) is 24.8. The van der Waals surface area contributed by atoms with Gasteiger partial charge in [-0.3, -0.25) is 0 Å². The van der Waals surface area contributed by atoms with Crippen molar-refractivity contribution in [2.24, 2.45) is 0 Å². The van der Waals surface area contributed by atoms with Crippen molar-refractivity contribution in [2.75, 3.05) is 4.90 Å². The van der Waals surface area contributed by atoms with Crippen LogP contribution in [0, 0.1) is 17.9 Å². The molecule has 0 saturated carbocycles. The van der Waals surface area contributed by atoms with Crippen molar-refractivity contribution in [1.82, 2.24) is 4.98 Å². The Morgan fingerprint density at radius 1 is 0.739 bits per heavy atom. The molecule has 5 nitrogen and oxygen atoms in total. The molecule has 2 unspecified atom stereocenters. The fourth-order valence-corrected chi connectivity index (χ4v) is 7.72. The first-order valence-corrected chi connectivity index (χ1v) is 15.5. The van der Waals surface area contributed by atoms with Gasteiger partial charge in [-0.15, -0.1) is 4.98 Å². The molecule has 0 amide bonds. The van der Waals surface area contributed by atoms with Crippen molar-refractivity contribution in [3.05, 3.63) is 161 Å². The zero-order chi connectivity index (χ0) is 30.8. The Kier molecular flexibility index (Phi) is 5.82. The minimum atomic E-state index is 0.0567. The van der Waals surface area contributed by atoms with Crippen molar-refractivity contribution in [3.63, 3.8) is 0 Å². The van der Waals surface area contributed by atoms with Gasteiger partial charge >= 0.3 is 0 Å². The minimum Gasteiger partial charge on any atom is -0.454 e. The van der Waals surface area contributed by atoms with Crippen LogP contribution in [0.3, 0.4) is 0 Å². The maximum Gasteiger partial charge on any atom is 0.295 e. The Morgan fingerprint density at radius 3 is 2.20 bits per heavy atom. The molecule has 2 atom stereocenters. The molecule has 7 aromatic rings. The van der Waals surface area contributed by atoms with Gasteiger partial charge in [-0.2, -0.15) is 5.26 Å². The molecule has 216 valence electrons. The molecule has 2 aromatic heterocycles. The van der Waals surface area contributed by atoms with Gasteiger partial charge in [-0.25, -0.2) is 0 Å². The van der Waals surface area contributed by atoms with E-state index in [1.54, 1.807) is 0 Å². The average molecular weight is 591 g/mol. The maximum absolute atomic E-state index is 11.0. The number of hydrogen-bond acceptors (Lipinski definition) is 4. The highest BCUT2D eigenvalue weighted by atomic mass is 16.3. The maximum atomic E-state index is 11.0. The lowest BCUT2D eigenvalue weighted by Gasteiger charge is -2.39. The van der Waals surface area contributed by atoms with Crippen LogP contribution in [-0.4, -0.2) is 4.98 Å². The number of benzene rings is 5. The van der Waals surface area contributed by atoms with E-state index in [1.165, 1.54) is 11.1 Å². The SMILES string of the molecule is [C-]#[N+]c1nc2c(c(C#N)c1N(c1ccc(-c3ccccc3)cc1)c1cccc3c1oc1ccccc13)C1CCC2c2ccccc21. The molecule has 2 bridgehead atoms. The van der Waals surface area contributed by atoms with Gasteiger partial charge in [-0.05, 0) is 59.4 Å². The Hall–Kier alpha value is -6.17. The molecule has 5 aromatic carbocycles. The van der Waals surface area contributed by atoms with Gasteiger partial charge in [0, 0.05) is 33.9 Å². The van der Waals surface area contributed by atoms with E-state index in [2.05, 4.69) is 83.7 Å². The summed E-state index contributed by atoms with van der Waals surface area (Å²) in [7, 11) is 0. The Balaban J connectivity index is 1.33. The number of anilines is 3. The van der Waals surface area contributed by atoms with Crippen molar-refractivity contribution >= 4 is 44.8 Å². The minimum absolute atomic E-state index is 0.0567. The van der Waals surface area contributed by atoms with Crippen LogP contribution < -0.4 is 4.90 Å². The molecule has 0 radical (unpaired) electrons. The molecular formula is C41H26N4O. The van der Waals surface area contributed by atoms with Crippen LogP contribution in [0.15, 0.2) is 126 Å². The van der Waals surface area contributed by atoms with Crippen molar-refractivity contribution < 1.29 is 4.42 Å². The molecule has 46 heavy (non-hydrogen) atoms. The second kappa shape index (κ2) is 10.2. The van der Waals surface area contributed by atoms with Crippen LogP contribution >= 0.6 is 0 Å². The number of hydrogen-bond donors (Lipinski definition) is 0. The molecule has 5 heteroatoms. The van der Waals surface area contributed by atoms with E-state index >= 15 is 0 Å². The standard InChI is InChI=1S/C41H26N4O/c1-43-41-39(34(24-42)37-31-22-23-32(38(37)44-41)29-13-6-5-12-28(29)31)45(27-20-18-26(19-21-27)25-10-3-2-4-11-25)35-16-9-15-33-30-14-7-8-17-36(30)46-40(33)35/h2-21,31-32H,22-23H2. The molecular weight excluding hydrogens is 564 g/mol. The third-order valence-corrected chi connectivity index (χ3v) is 9.69. The van der Waals surface area contributed by atoms with E-state index < -0.39 is 0 Å². The summed E-state index contributed by atoms with van der Waals surface area (Å²) in [5.41, 5.74) is 10.6. The number of nitriles is 1. The van der Waals surface area contributed by atoms with E-state index in [-0.39, 0.29) is 17.7 Å². The Labute approximate surface area is 266 Å². The van der Waals surface area contributed by atoms with Crippen LogP contribution in [0.4, 0.5) is 22.9 Å². The summed E-state index contributed by atoms with van der Waals surface area (Å²) in [5.74, 6) is 0.358. The van der Waals surface area contributed by atoms with Gasteiger partial charge in [0.05, 0.1) is 16.9 Å². The molecule has 0 fully saturated rings. The predicted molar refractivity (Wildman–Crippen MR) is 182 cm³/mol. The monoisotopic (exact) mass is 590 g/mol. The van der Waals surface area contributed by atoms with Crippen LogP contribution in [0.1, 0.15) is 52.6 Å². The molecule has 10 rings (SSSR count). The van der Waals surface area contributed by atoms with Gasteiger partial charge in [-0.1, -0.05) is 104 Å². The van der Waals surface area contributed by atoms with E-state index in [0.717, 1.165) is 63.0 Å². The molecule has 3 aliphatic rings. The van der Waals surface area contributed by atoms with Gasteiger partial charge in [0.1, 0.15) is 17.3 Å². The lowest BCUT2D eigenvalue weighted by molar-refractivity contribution is 0.507.